The number of amides is 2. The third-order valence-corrected chi connectivity index (χ3v) is 1.78. The standard InChI is InChI=1S/C11H12N2O4/c1-8(14)12-7-10(15)17-13-11(16)9-5-3-2-4-6-9/h2-6H,7H2,1H3,(H,12,14)(H,13,16). The summed E-state index contributed by atoms with van der Waals surface area (Å²) in [5.74, 6) is -1.62. The molecule has 0 aliphatic rings. The Kier molecular flexibility index (Phi) is 4.68. The van der Waals surface area contributed by atoms with E-state index in [4.69, 9.17) is 0 Å². The molecule has 0 unspecified atom stereocenters. The van der Waals surface area contributed by atoms with E-state index in [1.165, 1.54) is 6.92 Å². The number of carbonyl (C=O) groups excluding carboxylic acids is 3. The molecule has 0 heterocycles. The van der Waals surface area contributed by atoms with Gasteiger partial charge in [0.05, 0.1) is 0 Å². The fraction of sp³-hybridized carbons (Fsp3) is 0.182. The highest BCUT2D eigenvalue weighted by molar-refractivity contribution is 5.94. The van der Waals surface area contributed by atoms with Crippen LogP contribution in [0.4, 0.5) is 0 Å². The zero-order valence-electron chi connectivity index (χ0n) is 9.23. The van der Waals surface area contributed by atoms with Crippen molar-refractivity contribution in [2.45, 2.75) is 6.92 Å². The van der Waals surface area contributed by atoms with Crippen molar-refractivity contribution in [2.24, 2.45) is 0 Å². The predicted octanol–water partition coefficient (Wildman–Crippen LogP) is 0.0107. The third-order valence-electron chi connectivity index (χ3n) is 1.78. The second kappa shape index (κ2) is 6.26. The molecule has 90 valence electrons. The summed E-state index contributed by atoms with van der Waals surface area (Å²) >= 11 is 0. The van der Waals surface area contributed by atoms with Gasteiger partial charge in [-0.1, -0.05) is 18.2 Å². The lowest BCUT2D eigenvalue weighted by atomic mass is 10.2. The van der Waals surface area contributed by atoms with Crippen LogP contribution in [0.5, 0.6) is 0 Å². The Hall–Kier alpha value is -2.37. The van der Waals surface area contributed by atoms with Crippen molar-refractivity contribution in [3.63, 3.8) is 0 Å². The van der Waals surface area contributed by atoms with Gasteiger partial charge < -0.3 is 10.2 Å². The summed E-state index contributed by atoms with van der Waals surface area (Å²) in [6, 6.07) is 8.30. The third kappa shape index (κ3) is 4.78. The zero-order chi connectivity index (χ0) is 12.7. The van der Waals surface area contributed by atoms with Crippen LogP contribution in [0.1, 0.15) is 17.3 Å². The maximum absolute atomic E-state index is 11.4. The fourth-order valence-corrected chi connectivity index (χ4v) is 0.984. The van der Waals surface area contributed by atoms with Gasteiger partial charge >= 0.3 is 5.97 Å². The van der Waals surface area contributed by atoms with Gasteiger partial charge in [-0.3, -0.25) is 9.59 Å². The van der Waals surface area contributed by atoms with Crippen molar-refractivity contribution in [3.8, 4) is 0 Å². The number of carbonyl (C=O) groups is 3. The van der Waals surface area contributed by atoms with Crippen LogP contribution < -0.4 is 10.8 Å². The van der Waals surface area contributed by atoms with Gasteiger partial charge in [-0.25, -0.2) is 4.79 Å². The number of benzene rings is 1. The average Bonchev–Trinajstić information content (AvgIpc) is 2.34. The summed E-state index contributed by atoms with van der Waals surface area (Å²) < 4.78 is 0. The van der Waals surface area contributed by atoms with E-state index in [1.54, 1.807) is 30.3 Å². The highest BCUT2D eigenvalue weighted by Gasteiger charge is 2.08. The molecule has 0 aliphatic carbocycles. The fourth-order valence-electron chi connectivity index (χ4n) is 0.984. The number of hydroxylamine groups is 1. The first kappa shape index (κ1) is 12.7. The van der Waals surface area contributed by atoms with Gasteiger partial charge in [0, 0.05) is 12.5 Å². The molecule has 0 spiro atoms. The van der Waals surface area contributed by atoms with Crippen molar-refractivity contribution < 1.29 is 19.2 Å². The molecule has 0 bridgehead atoms. The normalized spacial score (nSPS) is 9.24. The largest absolute Gasteiger partial charge is 0.351 e. The minimum absolute atomic E-state index is 0.287. The monoisotopic (exact) mass is 236 g/mol. The molecule has 1 aromatic rings. The lowest BCUT2D eigenvalue weighted by Crippen LogP contribution is -2.34. The van der Waals surface area contributed by atoms with Gasteiger partial charge in [0.1, 0.15) is 6.54 Å². The van der Waals surface area contributed by atoms with Crippen molar-refractivity contribution in [1.29, 1.82) is 0 Å². The number of rotatable bonds is 3. The Morgan fingerprint density at radius 3 is 2.41 bits per heavy atom. The summed E-state index contributed by atoms with van der Waals surface area (Å²) in [5, 5.41) is 2.24. The topological polar surface area (TPSA) is 84.5 Å². The number of hydrogen-bond acceptors (Lipinski definition) is 4. The van der Waals surface area contributed by atoms with Crippen molar-refractivity contribution in [1.82, 2.24) is 10.8 Å². The molecule has 1 rings (SSSR count). The summed E-state index contributed by atoms with van der Waals surface area (Å²) in [7, 11) is 0. The molecule has 1 aromatic carbocycles. The Morgan fingerprint density at radius 1 is 1.18 bits per heavy atom. The van der Waals surface area contributed by atoms with Gasteiger partial charge in [0.2, 0.25) is 5.91 Å². The first-order valence-corrected chi connectivity index (χ1v) is 4.89. The van der Waals surface area contributed by atoms with Crippen molar-refractivity contribution in [3.05, 3.63) is 35.9 Å². The first-order valence-electron chi connectivity index (χ1n) is 4.89. The Labute approximate surface area is 97.9 Å². The van der Waals surface area contributed by atoms with E-state index >= 15 is 0 Å². The van der Waals surface area contributed by atoms with E-state index in [0.717, 1.165) is 0 Å². The molecule has 0 radical (unpaired) electrons. The molecule has 17 heavy (non-hydrogen) atoms. The highest BCUT2D eigenvalue weighted by Crippen LogP contribution is 1.97. The summed E-state index contributed by atoms with van der Waals surface area (Å²) in [4.78, 5) is 37.4. The maximum atomic E-state index is 11.4. The lowest BCUT2D eigenvalue weighted by molar-refractivity contribution is -0.148. The van der Waals surface area contributed by atoms with E-state index in [-0.39, 0.29) is 12.5 Å². The predicted molar refractivity (Wildman–Crippen MR) is 58.7 cm³/mol. The summed E-state index contributed by atoms with van der Waals surface area (Å²) in [6.07, 6.45) is 0. The van der Waals surface area contributed by atoms with Gasteiger partial charge in [0.25, 0.3) is 5.91 Å². The molecule has 0 atom stereocenters. The van der Waals surface area contributed by atoms with Gasteiger partial charge in [-0.2, -0.15) is 5.48 Å². The van der Waals surface area contributed by atoms with Crippen molar-refractivity contribution >= 4 is 17.8 Å². The summed E-state index contributed by atoms with van der Waals surface area (Å²) in [6.45, 7) is 0.986. The molecular weight excluding hydrogens is 224 g/mol. The SMILES string of the molecule is CC(=O)NCC(=O)ONC(=O)c1ccccc1. The minimum atomic E-state index is -0.746. The van der Waals surface area contributed by atoms with E-state index < -0.39 is 11.9 Å². The second-order valence-electron chi connectivity index (χ2n) is 3.18. The average molecular weight is 236 g/mol. The molecule has 0 saturated carbocycles. The van der Waals surface area contributed by atoms with Gasteiger partial charge in [-0.15, -0.1) is 0 Å². The smallest absolute Gasteiger partial charge is 0.345 e. The van der Waals surface area contributed by atoms with Crippen LogP contribution >= 0.6 is 0 Å². The molecule has 0 fully saturated rings. The molecule has 0 aliphatic heterocycles. The van der Waals surface area contributed by atoms with Crippen LogP contribution in [0.25, 0.3) is 0 Å². The molecular formula is C11H12N2O4. The molecule has 0 aromatic heterocycles. The summed E-state index contributed by atoms with van der Waals surface area (Å²) in [5.41, 5.74) is 2.36. The minimum Gasteiger partial charge on any atom is -0.345 e. The molecule has 0 saturated heterocycles. The van der Waals surface area contributed by atoms with E-state index in [0.29, 0.717) is 5.56 Å². The molecule has 2 N–H and O–H groups in total. The lowest BCUT2D eigenvalue weighted by Gasteiger charge is -2.05. The van der Waals surface area contributed by atoms with Crippen LogP contribution in [-0.4, -0.2) is 24.3 Å². The van der Waals surface area contributed by atoms with Crippen LogP contribution in [0.2, 0.25) is 0 Å². The number of hydrogen-bond donors (Lipinski definition) is 2. The molecule has 2 amide bonds. The Bertz CT molecular complexity index is 417. The van der Waals surface area contributed by atoms with E-state index in [2.05, 4.69) is 10.2 Å². The van der Waals surface area contributed by atoms with Crippen LogP contribution in [0.15, 0.2) is 30.3 Å². The van der Waals surface area contributed by atoms with Crippen molar-refractivity contribution in [2.75, 3.05) is 6.54 Å². The number of nitrogens with one attached hydrogen (secondary N) is 2. The second-order valence-corrected chi connectivity index (χ2v) is 3.18. The first-order chi connectivity index (χ1) is 8.09. The van der Waals surface area contributed by atoms with E-state index in [9.17, 15) is 14.4 Å². The zero-order valence-corrected chi connectivity index (χ0v) is 9.23. The van der Waals surface area contributed by atoms with Gasteiger partial charge in [0.15, 0.2) is 0 Å². The van der Waals surface area contributed by atoms with Crippen LogP contribution in [0, 0.1) is 0 Å². The Balaban J connectivity index is 2.34. The molecule has 6 heteroatoms. The quantitative estimate of drug-likeness (QED) is 0.724. The van der Waals surface area contributed by atoms with Crippen LogP contribution in [0.3, 0.4) is 0 Å². The van der Waals surface area contributed by atoms with E-state index in [1.807, 2.05) is 5.48 Å². The molecule has 6 nitrogen and oxygen atoms in total. The maximum Gasteiger partial charge on any atom is 0.351 e. The highest BCUT2D eigenvalue weighted by atomic mass is 16.7. The van der Waals surface area contributed by atoms with Gasteiger partial charge in [-0.05, 0) is 12.1 Å². The Morgan fingerprint density at radius 2 is 1.82 bits per heavy atom. The van der Waals surface area contributed by atoms with Crippen LogP contribution in [-0.2, 0) is 14.4 Å².